The maximum Gasteiger partial charge on any atom is 0.221 e. The lowest BCUT2D eigenvalue weighted by atomic mass is 10.1. The normalized spacial score (nSPS) is 10.4. The summed E-state index contributed by atoms with van der Waals surface area (Å²) in [7, 11) is 4.84. The summed E-state index contributed by atoms with van der Waals surface area (Å²) in [5.41, 5.74) is 8.87. The Morgan fingerprint density at radius 2 is 1.36 bits per heavy atom. The molecule has 0 spiro atoms. The Labute approximate surface area is 146 Å². The van der Waals surface area contributed by atoms with Crippen molar-refractivity contribution in [1.82, 2.24) is 9.97 Å². The standard InChI is InChI=1S/C19H19N3O3/c1-23-12-8-9-18(25-3)14(10-12)16-11-15(21-19(20)22-16)13-6-4-5-7-17(13)24-2/h4-11H,1-3H3,(H2,20,21,22). The smallest absolute Gasteiger partial charge is 0.221 e. The lowest BCUT2D eigenvalue weighted by Crippen LogP contribution is -2.00. The van der Waals surface area contributed by atoms with E-state index in [0.717, 1.165) is 11.1 Å². The molecule has 0 saturated heterocycles. The zero-order valence-corrected chi connectivity index (χ0v) is 14.3. The fraction of sp³-hybridized carbons (Fsp3) is 0.158. The average Bonchev–Trinajstić information content (AvgIpc) is 2.66. The van der Waals surface area contributed by atoms with Crippen LogP contribution in [0.4, 0.5) is 5.95 Å². The Bertz CT molecular complexity index is 897. The number of hydrogen-bond acceptors (Lipinski definition) is 6. The molecule has 0 fully saturated rings. The lowest BCUT2D eigenvalue weighted by molar-refractivity contribution is 0.404. The van der Waals surface area contributed by atoms with E-state index in [0.29, 0.717) is 28.6 Å². The number of nitrogens with zero attached hydrogens (tertiary/aromatic N) is 2. The molecule has 6 heteroatoms. The lowest BCUT2D eigenvalue weighted by Gasteiger charge is -2.13. The van der Waals surface area contributed by atoms with Crippen LogP contribution in [0.5, 0.6) is 17.2 Å². The van der Waals surface area contributed by atoms with Crippen LogP contribution in [-0.4, -0.2) is 31.3 Å². The SMILES string of the molecule is COc1ccc(OC)c(-c2cc(-c3ccccc3OC)nc(N)n2)c1. The van der Waals surface area contributed by atoms with Gasteiger partial charge in [-0.1, -0.05) is 12.1 Å². The minimum absolute atomic E-state index is 0.170. The molecular weight excluding hydrogens is 318 g/mol. The van der Waals surface area contributed by atoms with E-state index < -0.39 is 0 Å². The van der Waals surface area contributed by atoms with E-state index in [1.807, 2.05) is 48.5 Å². The first-order valence-corrected chi connectivity index (χ1v) is 7.66. The Kier molecular flexibility index (Phi) is 4.70. The average molecular weight is 337 g/mol. The third-order valence-corrected chi connectivity index (χ3v) is 3.81. The molecule has 3 aromatic rings. The molecule has 0 amide bonds. The minimum Gasteiger partial charge on any atom is -0.497 e. The molecule has 1 heterocycles. The van der Waals surface area contributed by atoms with Gasteiger partial charge in [0.15, 0.2) is 0 Å². The van der Waals surface area contributed by atoms with Gasteiger partial charge in [0.2, 0.25) is 5.95 Å². The van der Waals surface area contributed by atoms with Gasteiger partial charge in [0.25, 0.3) is 0 Å². The van der Waals surface area contributed by atoms with Crippen molar-refractivity contribution < 1.29 is 14.2 Å². The molecule has 128 valence electrons. The number of aromatic nitrogens is 2. The van der Waals surface area contributed by atoms with Crippen LogP contribution in [0, 0.1) is 0 Å². The zero-order valence-electron chi connectivity index (χ0n) is 14.3. The van der Waals surface area contributed by atoms with Crippen molar-refractivity contribution in [2.45, 2.75) is 0 Å². The molecule has 2 N–H and O–H groups in total. The topological polar surface area (TPSA) is 79.5 Å². The molecule has 2 aromatic carbocycles. The Hall–Kier alpha value is -3.28. The molecular formula is C19H19N3O3. The van der Waals surface area contributed by atoms with Crippen LogP contribution in [0.25, 0.3) is 22.5 Å². The number of hydrogen-bond donors (Lipinski definition) is 1. The second-order valence-corrected chi connectivity index (χ2v) is 5.26. The number of anilines is 1. The first kappa shape index (κ1) is 16.6. The van der Waals surface area contributed by atoms with Crippen molar-refractivity contribution in [3.05, 3.63) is 48.5 Å². The fourth-order valence-corrected chi connectivity index (χ4v) is 2.61. The van der Waals surface area contributed by atoms with Crippen molar-refractivity contribution in [3.63, 3.8) is 0 Å². The van der Waals surface area contributed by atoms with Crippen LogP contribution in [0.2, 0.25) is 0 Å². The second kappa shape index (κ2) is 7.09. The van der Waals surface area contributed by atoms with Gasteiger partial charge in [-0.15, -0.1) is 0 Å². The summed E-state index contributed by atoms with van der Waals surface area (Å²) in [4.78, 5) is 8.71. The summed E-state index contributed by atoms with van der Waals surface area (Å²) in [6.07, 6.45) is 0. The summed E-state index contributed by atoms with van der Waals surface area (Å²) < 4.78 is 16.2. The Morgan fingerprint density at radius 1 is 0.720 bits per heavy atom. The Balaban J connectivity index is 2.18. The van der Waals surface area contributed by atoms with E-state index in [9.17, 15) is 0 Å². The van der Waals surface area contributed by atoms with Gasteiger partial charge in [0.1, 0.15) is 17.2 Å². The number of para-hydroxylation sites is 1. The number of methoxy groups -OCH3 is 3. The molecule has 0 bridgehead atoms. The van der Waals surface area contributed by atoms with Gasteiger partial charge in [-0.3, -0.25) is 0 Å². The third-order valence-electron chi connectivity index (χ3n) is 3.81. The fourth-order valence-electron chi connectivity index (χ4n) is 2.61. The second-order valence-electron chi connectivity index (χ2n) is 5.26. The van der Waals surface area contributed by atoms with Crippen LogP contribution < -0.4 is 19.9 Å². The van der Waals surface area contributed by atoms with E-state index in [-0.39, 0.29) is 5.95 Å². The van der Waals surface area contributed by atoms with E-state index in [4.69, 9.17) is 19.9 Å². The highest BCUT2D eigenvalue weighted by Gasteiger charge is 2.14. The van der Waals surface area contributed by atoms with Crippen LogP contribution in [0.3, 0.4) is 0 Å². The van der Waals surface area contributed by atoms with Gasteiger partial charge in [-0.25, -0.2) is 9.97 Å². The van der Waals surface area contributed by atoms with Gasteiger partial charge in [0.05, 0.1) is 32.7 Å². The maximum atomic E-state index is 5.95. The predicted molar refractivity (Wildman–Crippen MR) is 97.0 cm³/mol. The quantitative estimate of drug-likeness (QED) is 0.768. The van der Waals surface area contributed by atoms with E-state index >= 15 is 0 Å². The van der Waals surface area contributed by atoms with Crippen molar-refractivity contribution in [2.75, 3.05) is 27.1 Å². The van der Waals surface area contributed by atoms with E-state index in [1.165, 1.54) is 0 Å². The number of benzene rings is 2. The molecule has 0 atom stereocenters. The number of rotatable bonds is 5. The van der Waals surface area contributed by atoms with Gasteiger partial charge < -0.3 is 19.9 Å². The molecule has 0 aliphatic carbocycles. The zero-order chi connectivity index (χ0) is 17.8. The van der Waals surface area contributed by atoms with Crippen molar-refractivity contribution in [3.8, 4) is 39.8 Å². The minimum atomic E-state index is 0.170. The monoisotopic (exact) mass is 337 g/mol. The summed E-state index contributed by atoms with van der Waals surface area (Å²) in [5, 5.41) is 0. The highest BCUT2D eigenvalue weighted by Crippen LogP contribution is 2.35. The highest BCUT2D eigenvalue weighted by molar-refractivity contribution is 5.76. The Morgan fingerprint density at radius 3 is 2.04 bits per heavy atom. The highest BCUT2D eigenvalue weighted by atomic mass is 16.5. The van der Waals surface area contributed by atoms with Crippen LogP contribution in [-0.2, 0) is 0 Å². The van der Waals surface area contributed by atoms with E-state index in [2.05, 4.69) is 9.97 Å². The molecule has 0 aliphatic heterocycles. The molecule has 3 rings (SSSR count). The summed E-state index contributed by atoms with van der Waals surface area (Å²) in [6, 6.07) is 15.0. The maximum absolute atomic E-state index is 5.95. The van der Waals surface area contributed by atoms with Gasteiger partial charge >= 0.3 is 0 Å². The first-order chi connectivity index (χ1) is 12.2. The summed E-state index contributed by atoms with van der Waals surface area (Å²) >= 11 is 0. The van der Waals surface area contributed by atoms with Crippen LogP contribution in [0.15, 0.2) is 48.5 Å². The molecule has 1 aromatic heterocycles. The van der Waals surface area contributed by atoms with Crippen molar-refractivity contribution in [2.24, 2.45) is 0 Å². The number of nitrogen functional groups attached to an aromatic ring is 1. The molecule has 6 nitrogen and oxygen atoms in total. The van der Waals surface area contributed by atoms with Crippen molar-refractivity contribution >= 4 is 5.95 Å². The van der Waals surface area contributed by atoms with Gasteiger partial charge in [-0.2, -0.15) is 0 Å². The van der Waals surface area contributed by atoms with Crippen molar-refractivity contribution in [1.29, 1.82) is 0 Å². The predicted octanol–water partition coefficient (Wildman–Crippen LogP) is 3.42. The third kappa shape index (κ3) is 3.33. The molecule has 0 aliphatic rings. The van der Waals surface area contributed by atoms with Crippen LogP contribution in [0.1, 0.15) is 0 Å². The first-order valence-electron chi connectivity index (χ1n) is 7.66. The van der Waals surface area contributed by atoms with E-state index in [1.54, 1.807) is 21.3 Å². The van der Waals surface area contributed by atoms with Gasteiger partial charge in [-0.05, 0) is 36.4 Å². The number of ether oxygens (including phenoxy) is 3. The molecule has 0 unspecified atom stereocenters. The largest absolute Gasteiger partial charge is 0.497 e. The number of nitrogens with two attached hydrogens (primary N) is 1. The van der Waals surface area contributed by atoms with Gasteiger partial charge in [0, 0.05) is 11.1 Å². The summed E-state index contributed by atoms with van der Waals surface area (Å²) in [6.45, 7) is 0. The van der Waals surface area contributed by atoms with Crippen LogP contribution >= 0.6 is 0 Å². The summed E-state index contributed by atoms with van der Waals surface area (Å²) in [5.74, 6) is 2.25. The molecule has 25 heavy (non-hydrogen) atoms. The molecule has 0 radical (unpaired) electrons. The molecule has 0 saturated carbocycles.